The molecule has 0 spiro atoms. The fraction of sp³-hybridized carbons (Fsp3) is 0. The number of hydrogen-bond donors (Lipinski definition) is 0. The van der Waals surface area contributed by atoms with Crippen molar-refractivity contribution in [2.75, 3.05) is 29.4 Å². The molecule has 4 aliphatic heterocycles. The first-order chi connectivity index (χ1) is 70.6. The van der Waals surface area contributed by atoms with Gasteiger partial charge in [0.15, 0.2) is 0 Å². The van der Waals surface area contributed by atoms with Crippen molar-refractivity contribution in [3.8, 4) is 44.5 Å². The molecule has 142 heavy (non-hydrogen) atoms. The van der Waals surface area contributed by atoms with Gasteiger partial charge in [-0.3, -0.25) is 0 Å². The van der Waals surface area contributed by atoms with Gasteiger partial charge in [0.25, 0.3) is 13.4 Å². The van der Waals surface area contributed by atoms with E-state index in [-0.39, 0.29) is 13.4 Å². The van der Waals surface area contributed by atoms with Crippen LogP contribution in [-0.4, -0.2) is 13.4 Å². The molecule has 0 bridgehead atoms. The number of fused-ring (bicyclic) bond motifs is 16. The summed E-state index contributed by atoms with van der Waals surface area (Å²) in [4.78, 5) is 15.9. The molecule has 29 rings (SSSR count). The first-order valence-corrected chi connectivity index (χ1v) is 49.3. The maximum atomic E-state index is 2.77. The van der Waals surface area contributed by atoms with Crippen LogP contribution in [0.15, 0.2) is 522 Å². The maximum Gasteiger partial charge on any atom is 0.252 e. The Hall–Kier alpha value is -18.5. The van der Waals surface area contributed by atoms with Gasteiger partial charge in [-0.05, 0) is 211 Å². The molecule has 0 saturated heterocycles. The summed E-state index contributed by atoms with van der Waals surface area (Å²) < 4.78 is 0. The molecule has 0 unspecified atom stereocenters. The van der Waals surface area contributed by atoms with Crippen molar-refractivity contribution >= 4 is 235 Å². The predicted octanol–water partition coefficient (Wildman–Crippen LogP) is 32.7. The van der Waals surface area contributed by atoms with Crippen molar-refractivity contribution in [1.82, 2.24) is 0 Å². The smallest absolute Gasteiger partial charge is 0.252 e. The topological polar surface area (TPSA) is 19.4 Å². The van der Waals surface area contributed by atoms with Crippen LogP contribution in [0.4, 0.5) is 102 Å². The lowest BCUT2D eigenvalue weighted by Gasteiger charge is -2.48. The summed E-state index contributed by atoms with van der Waals surface area (Å²) in [5.41, 5.74) is 35.8. The van der Waals surface area contributed by atoms with E-state index < -0.39 is 0 Å². The molecule has 658 valence electrons. The molecular formula is C134H86B2N6. The van der Waals surface area contributed by atoms with Gasteiger partial charge >= 0.3 is 0 Å². The zero-order valence-electron chi connectivity index (χ0n) is 77.5. The van der Waals surface area contributed by atoms with Crippen molar-refractivity contribution in [3.63, 3.8) is 0 Å². The van der Waals surface area contributed by atoms with Crippen molar-refractivity contribution in [1.29, 1.82) is 0 Å². The zero-order valence-corrected chi connectivity index (χ0v) is 77.5. The molecule has 4 aliphatic rings. The minimum absolute atomic E-state index is 0.380. The van der Waals surface area contributed by atoms with Crippen LogP contribution in [-0.2, 0) is 0 Å². The number of nitrogens with zero attached hydrogens (tertiary/aromatic N) is 6. The highest BCUT2D eigenvalue weighted by Crippen LogP contribution is 2.60. The summed E-state index contributed by atoms with van der Waals surface area (Å²) >= 11 is 0. The normalized spacial score (nSPS) is 12.7. The van der Waals surface area contributed by atoms with E-state index in [1.54, 1.807) is 0 Å². The lowest BCUT2D eigenvalue weighted by atomic mass is 9.30. The van der Waals surface area contributed by atoms with Crippen LogP contribution in [0, 0.1) is 0 Å². The predicted molar refractivity (Wildman–Crippen MR) is 606 cm³/mol. The first-order valence-electron chi connectivity index (χ1n) is 49.3. The monoisotopic (exact) mass is 1800 g/mol. The zero-order chi connectivity index (χ0) is 93.1. The summed E-state index contributed by atoms with van der Waals surface area (Å²) in [5, 5.41) is 18.5. The van der Waals surface area contributed by atoms with E-state index in [1.165, 1.54) is 104 Å². The maximum absolute atomic E-state index is 2.77. The number of para-hydroxylation sites is 6. The average molecular weight is 1800 g/mol. The van der Waals surface area contributed by atoms with Crippen LogP contribution < -0.4 is 62.2 Å². The van der Waals surface area contributed by atoms with E-state index in [9.17, 15) is 0 Å². The van der Waals surface area contributed by atoms with Gasteiger partial charge in [-0.1, -0.05) is 431 Å². The van der Waals surface area contributed by atoms with Crippen LogP contribution in [0.3, 0.4) is 0 Å². The molecule has 0 aromatic heterocycles. The molecule has 0 atom stereocenters. The molecule has 6 nitrogen and oxygen atoms in total. The number of benzene rings is 25. The van der Waals surface area contributed by atoms with E-state index >= 15 is 0 Å². The quantitative estimate of drug-likeness (QED) is 0.0793. The lowest BCUT2D eigenvalue weighted by molar-refractivity contribution is 1.23. The second kappa shape index (κ2) is 32.6. The van der Waals surface area contributed by atoms with Crippen LogP contribution in [0.25, 0.3) is 131 Å². The molecule has 25 aromatic rings. The van der Waals surface area contributed by atoms with Gasteiger partial charge in [-0.2, -0.15) is 0 Å². The van der Waals surface area contributed by atoms with Crippen LogP contribution >= 0.6 is 0 Å². The Morgan fingerprint density at radius 2 is 0.373 bits per heavy atom. The Morgan fingerprint density at radius 1 is 0.148 bits per heavy atom. The third-order valence-corrected chi connectivity index (χ3v) is 30.4. The first kappa shape index (κ1) is 80.8. The molecule has 0 amide bonds. The van der Waals surface area contributed by atoms with Crippen molar-refractivity contribution < 1.29 is 0 Å². The molecule has 0 fully saturated rings. The fourth-order valence-corrected chi connectivity index (χ4v) is 24.8. The third kappa shape index (κ3) is 12.3. The summed E-state index contributed by atoms with van der Waals surface area (Å²) in [6.07, 6.45) is 0. The Morgan fingerprint density at radius 3 is 0.690 bits per heavy atom. The summed E-state index contributed by atoms with van der Waals surface area (Å²) in [7, 11) is 0. The van der Waals surface area contributed by atoms with Gasteiger partial charge < -0.3 is 29.4 Å². The highest BCUT2D eigenvalue weighted by atomic mass is 15.2. The Kier molecular flexibility index (Phi) is 18.5. The van der Waals surface area contributed by atoms with Crippen molar-refractivity contribution in [2.24, 2.45) is 0 Å². The highest BCUT2D eigenvalue weighted by molar-refractivity contribution is 7.03. The third-order valence-electron chi connectivity index (χ3n) is 30.4. The van der Waals surface area contributed by atoms with E-state index in [4.69, 9.17) is 0 Å². The van der Waals surface area contributed by atoms with E-state index in [2.05, 4.69) is 551 Å². The minimum Gasteiger partial charge on any atom is -0.311 e. The van der Waals surface area contributed by atoms with Gasteiger partial charge in [0.2, 0.25) is 0 Å². The molecule has 0 radical (unpaired) electrons. The second-order valence-electron chi connectivity index (χ2n) is 37.8. The Balaban J connectivity index is 0.787. The number of anilines is 18. The van der Waals surface area contributed by atoms with Crippen LogP contribution in [0.1, 0.15) is 0 Å². The molecule has 0 N–H and O–H groups in total. The molecular weight excluding hydrogens is 1720 g/mol. The molecule has 4 heterocycles. The second-order valence-corrected chi connectivity index (χ2v) is 37.8. The van der Waals surface area contributed by atoms with Crippen LogP contribution in [0.2, 0.25) is 0 Å². The molecule has 0 aliphatic carbocycles. The Bertz CT molecular complexity index is 9200. The van der Waals surface area contributed by atoms with E-state index in [1.807, 2.05) is 0 Å². The Labute approximate surface area is 824 Å². The van der Waals surface area contributed by atoms with Crippen molar-refractivity contribution in [3.05, 3.63) is 522 Å². The summed E-state index contributed by atoms with van der Waals surface area (Å²) in [6.45, 7) is -0.760. The highest BCUT2D eigenvalue weighted by Gasteiger charge is 2.51. The average Bonchev–Trinajstić information content (AvgIpc) is 0.672. The van der Waals surface area contributed by atoms with Gasteiger partial charge in [0.1, 0.15) is 0 Å². The van der Waals surface area contributed by atoms with Gasteiger partial charge in [0.05, 0.1) is 34.1 Å². The lowest BCUT2D eigenvalue weighted by Crippen LogP contribution is -2.65. The van der Waals surface area contributed by atoms with Gasteiger partial charge in [-0.25, -0.2) is 0 Å². The van der Waals surface area contributed by atoms with Crippen molar-refractivity contribution in [2.45, 2.75) is 0 Å². The van der Waals surface area contributed by atoms with Crippen LogP contribution in [0.5, 0.6) is 0 Å². The summed E-state index contributed by atoms with van der Waals surface area (Å²) in [5.74, 6) is 0. The molecule has 25 aromatic carbocycles. The van der Waals surface area contributed by atoms with E-state index in [0.29, 0.717) is 0 Å². The molecule has 8 heteroatoms. The fourth-order valence-electron chi connectivity index (χ4n) is 24.8. The standard InChI is InChI=1S/C134H86B2N6/c1-9-45-87(46-10-1)125-97-61-25-33-69-105(97)131(106-70-34-26-62-98(106)125)138(93-57-21-7-22-58-93)96-83-121-129-123(84-96)141(133-109-73-37-29-65-101(109)127(89-49-13-3-14-50-89)102-66-30-38-74-110(102)133)117-79-43-41-77-113(117)135(129)115-85-116-120(86-119(115)139(121)94-59-23-8-24-60-94)142(134-111-75-39-31-67-103(111)128(90-51-15-4-16-52-90)104-68-32-40-76-112(104)134)124-82-95(137(91-53-17-5-18-54-91)92-55-19-6-20-56-92)81-122-130(124)136(116)114-78-42-44-80-118(114)140(122)132-107-71-35-27-63-99(107)126(88-47-11-2-12-48-88)100-64-28-36-72-108(100)132/h1-86H. The molecule has 0 saturated carbocycles. The number of hydrogen-bond acceptors (Lipinski definition) is 6. The SMILES string of the molecule is c1ccc(-c2c3ccccc3c(N(c3ccccc3)c3cc4c5c(c3)N(c3c6ccccc6c(-c6ccccc6)c6ccccc36)c3ccccc3B5c3cc5c(cc3N4c3ccccc3)N(c3c4ccccc4c(-c4ccccc4)c4ccccc34)c3cc(N(c4ccccc4)c4ccccc4)cc4c3B5c3ccccc3N4c3c4ccccc4c(-c4ccccc4)c4ccccc34)c3ccccc23)cc1. The van der Waals surface area contributed by atoms with Gasteiger partial charge in [0, 0.05) is 111 Å². The van der Waals surface area contributed by atoms with Gasteiger partial charge in [-0.15, -0.1) is 0 Å². The summed E-state index contributed by atoms with van der Waals surface area (Å²) in [6, 6.07) is 197. The minimum atomic E-state index is -0.380. The van der Waals surface area contributed by atoms with E-state index in [0.717, 1.165) is 162 Å². The largest absolute Gasteiger partial charge is 0.311 e. The number of rotatable bonds is 14.